The van der Waals surface area contributed by atoms with Crippen molar-refractivity contribution in [1.82, 2.24) is 4.98 Å². The summed E-state index contributed by atoms with van der Waals surface area (Å²) in [6.45, 7) is 1.65. The van der Waals surface area contributed by atoms with Crippen molar-refractivity contribution in [3.05, 3.63) is 144 Å². The Morgan fingerprint density at radius 1 is 0.553 bits per heavy atom. The highest BCUT2D eigenvalue weighted by molar-refractivity contribution is 5.71. The molecule has 4 aromatic carbocycles. The summed E-state index contributed by atoms with van der Waals surface area (Å²) in [6.07, 6.45) is 0. The highest BCUT2D eigenvalue weighted by atomic mass is 16.5. The summed E-state index contributed by atoms with van der Waals surface area (Å²) in [7, 11) is 0. The standard InChI is InChI=1S/C33H30N2O3/c34-21-29-17-16-28(20-31(29)36-22-25-10-4-1-5-11-25)30-18-19-32(37-23-26-12-6-2-7-13-26)35-33(30)38-24-27-14-8-3-9-15-27/h1-20H,21-24,34H2. The van der Waals surface area contributed by atoms with Crippen molar-refractivity contribution in [1.29, 1.82) is 0 Å². The molecule has 5 aromatic rings. The number of benzene rings is 4. The number of aromatic nitrogens is 1. The second-order valence-corrected chi connectivity index (χ2v) is 8.85. The first-order chi connectivity index (χ1) is 18.8. The normalized spacial score (nSPS) is 10.7. The van der Waals surface area contributed by atoms with Crippen LogP contribution in [0.25, 0.3) is 11.1 Å². The van der Waals surface area contributed by atoms with E-state index in [0.29, 0.717) is 38.1 Å². The van der Waals surface area contributed by atoms with Gasteiger partial charge in [-0.2, -0.15) is 4.98 Å². The molecule has 0 saturated carbocycles. The van der Waals surface area contributed by atoms with E-state index in [1.54, 1.807) is 0 Å². The molecule has 0 aliphatic heterocycles. The molecule has 2 N–H and O–H groups in total. The Kier molecular flexibility index (Phi) is 8.29. The van der Waals surface area contributed by atoms with Gasteiger partial charge in [0, 0.05) is 23.7 Å². The number of ether oxygens (including phenoxy) is 3. The Balaban J connectivity index is 1.42. The number of nitrogens with zero attached hydrogens (tertiary/aromatic N) is 1. The Hall–Kier alpha value is -4.61. The summed E-state index contributed by atoms with van der Waals surface area (Å²) >= 11 is 0. The fraction of sp³-hybridized carbons (Fsp3) is 0.121. The molecular formula is C33H30N2O3. The average molecular weight is 503 g/mol. The van der Waals surface area contributed by atoms with Gasteiger partial charge in [0.25, 0.3) is 0 Å². The van der Waals surface area contributed by atoms with Crippen LogP contribution >= 0.6 is 0 Å². The molecule has 5 nitrogen and oxygen atoms in total. The molecule has 0 unspecified atom stereocenters. The average Bonchev–Trinajstić information content (AvgIpc) is 2.99. The van der Waals surface area contributed by atoms with E-state index in [1.165, 1.54) is 0 Å². The fourth-order valence-corrected chi connectivity index (χ4v) is 4.05. The molecule has 190 valence electrons. The smallest absolute Gasteiger partial charge is 0.225 e. The molecule has 5 rings (SSSR count). The maximum Gasteiger partial charge on any atom is 0.225 e. The Morgan fingerprint density at radius 3 is 1.68 bits per heavy atom. The van der Waals surface area contributed by atoms with Crippen LogP contribution in [0.2, 0.25) is 0 Å². The second-order valence-electron chi connectivity index (χ2n) is 8.85. The lowest BCUT2D eigenvalue weighted by Gasteiger charge is -2.16. The lowest BCUT2D eigenvalue weighted by atomic mass is 10.0. The first kappa shape index (κ1) is 25.1. The summed E-state index contributed by atoms with van der Waals surface area (Å²) < 4.78 is 18.4. The number of rotatable bonds is 11. The van der Waals surface area contributed by atoms with E-state index in [-0.39, 0.29) is 0 Å². The molecule has 0 bridgehead atoms. The van der Waals surface area contributed by atoms with Crippen LogP contribution in [0.3, 0.4) is 0 Å². The molecule has 1 aromatic heterocycles. The molecule has 0 radical (unpaired) electrons. The molecule has 0 spiro atoms. The van der Waals surface area contributed by atoms with Gasteiger partial charge in [-0.05, 0) is 34.4 Å². The van der Waals surface area contributed by atoms with Crippen LogP contribution in [0.5, 0.6) is 17.5 Å². The minimum atomic E-state index is 0.381. The zero-order valence-electron chi connectivity index (χ0n) is 21.1. The highest BCUT2D eigenvalue weighted by Crippen LogP contribution is 2.35. The van der Waals surface area contributed by atoms with E-state index in [4.69, 9.17) is 24.9 Å². The van der Waals surface area contributed by atoms with Crippen LogP contribution in [-0.2, 0) is 26.4 Å². The predicted molar refractivity (Wildman–Crippen MR) is 150 cm³/mol. The molecule has 38 heavy (non-hydrogen) atoms. The SMILES string of the molecule is NCc1ccc(-c2ccc(OCc3ccccc3)nc2OCc2ccccc2)cc1OCc1ccccc1. The minimum absolute atomic E-state index is 0.381. The summed E-state index contributed by atoms with van der Waals surface area (Å²) in [5.74, 6) is 1.74. The zero-order chi connectivity index (χ0) is 26.0. The first-order valence-corrected chi connectivity index (χ1v) is 12.6. The minimum Gasteiger partial charge on any atom is -0.489 e. The Morgan fingerprint density at radius 2 is 1.11 bits per heavy atom. The Labute approximate surface area is 223 Å². The van der Waals surface area contributed by atoms with Crippen molar-refractivity contribution in [2.24, 2.45) is 5.73 Å². The molecule has 0 aliphatic rings. The predicted octanol–water partition coefficient (Wildman–Crippen LogP) is 6.94. The van der Waals surface area contributed by atoms with E-state index in [0.717, 1.165) is 39.1 Å². The Bertz CT molecular complexity index is 1440. The van der Waals surface area contributed by atoms with E-state index in [1.807, 2.05) is 121 Å². The second kappa shape index (κ2) is 12.6. The van der Waals surface area contributed by atoms with Gasteiger partial charge in [0.2, 0.25) is 11.8 Å². The molecule has 1 heterocycles. The van der Waals surface area contributed by atoms with Gasteiger partial charge in [-0.25, -0.2) is 0 Å². The summed E-state index contributed by atoms with van der Waals surface area (Å²) in [5, 5.41) is 0. The maximum absolute atomic E-state index is 6.24. The maximum atomic E-state index is 6.24. The van der Waals surface area contributed by atoms with Crippen molar-refractivity contribution >= 4 is 0 Å². The van der Waals surface area contributed by atoms with Gasteiger partial charge in [-0.15, -0.1) is 0 Å². The molecule has 0 aliphatic carbocycles. The van der Waals surface area contributed by atoms with E-state index >= 15 is 0 Å². The summed E-state index contributed by atoms with van der Waals surface area (Å²) in [6, 6.07) is 40.0. The van der Waals surface area contributed by atoms with Crippen molar-refractivity contribution in [3.8, 4) is 28.6 Å². The van der Waals surface area contributed by atoms with Crippen molar-refractivity contribution in [2.75, 3.05) is 0 Å². The third-order valence-electron chi connectivity index (χ3n) is 6.12. The van der Waals surface area contributed by atoms with E-state index < -0.39 is 0 Å². The van der Waals surface area contributed by atoms with Crippen LogP contribution in [0.15, 0.2) is 121 Å². The molecule has 0 atom stereocenters. The van der Waals surface area contributed by atoms with Gasteiger partial charge in [0.1, 0.15) is 25.6 Å². The third-order valence-corrected chi connectivity index (χ3v) is 6.12. The summed E-state index contributed by atoms with van der Waals surface area (Å²) in [5.41, 5.74) is 12.0. The fourth-order valence-electron chi connectivity index (χ4n) is 4.05. The van der Waals surface area contributed by atoms with Crippen molar-refractivity contribution in [2.45, 2.75) is 26.4 Å². The largest absolute Gasteiger partial charge is 0.489 e. The van der Waals surface area contributed by atoms with Crippen LogP contribution in [0, 0.1) is 0 Å². The molecule has 0 fully saturated rings. The molecular weight excluding hydrogens is 472 g/mol. The topological polar surface area (TPSA) is 66.6 Å². The molecule has 5 heteroatoms. The van der Waals surface area contributed by atoms with Crippen molar-refractivity contribution in [3.63, 3.8) is 0 Å². The highest BCUT2D eigenvalue weighted by Gasteiger charge is 2.14. The number of pyridine rings is 1. The van der Waals surface area contributed by atoms with Gasteiger partial charge < -0.3 is 19.9 Å². The number of nitrogens with two attached hydrogens (primary N) is 1. The third kappa shape index (κ3) is 6.58. The van der Waals surface area contributed by atoms with Gasteiger partial charge in [0.15, 0.2) is 0 Å². The lowest BCUT2D eigenvalue weighted by Crippen LogP contribution is -2.04. The van der Waals surface area contributed by atoms with Gasteiger partial charge in [-0.3, -0.25) is 0 Å². The van der Waals surface area contributed by atoms with Gasteiger partial charge in [0.05, 0.1) is 0 Å². The van der Waals surface area contributed by atoms with Gasteiger partial charge >= 0.3 is 0 Å². The first-order valence-electron chi connectivity index (χ1n) is 12.6. The van der Waals surface area contributed by atoms with Crippen LogP contribution in [-0.4, -0.2) is 4.98 Å². The van der Waals surface area contributed by atoms with Crippen LogP contribution in [0.1, 0.15) is 22.3 Å². The quantitative estimate of drug-likeness (QED) is 0.212. The van der Waals surface area contributed by atoms with Crippen LogP contribution < -0.4 is 19.9 Å². The van der Waals surface area contributed by atoms with E-state index in [9.17, 15) is 0 Å². The molecule has 0 saturated heterocycles. The van der Waals surface area contributed by atoms with Crippen molar-refractivity contribution < 1.29 is 14.2 Å². The molecule has 0 amide bonds. The van der Waals surface area contributed by atoms with Gasteiger partial charge in [-0.1, -0.05) is 103 Å². The number of hydrogen-bond donors (Lipinski definition) is 1. The van der Waals surface area contributed by atoms with Crippen LogP contribution in [0.4, 0.5) is 0 Å². The monoisotopic (exact) mass is 502 g/mol. The lowest BCUT2D eigenvalue weighted by molar-refractivity contribution is 0.268. The summed E-state index contributed by atoms with van der Waals surface area (Å²) in [4.78, 5) is 4.74. The number of hydrogen-bond acceptors (Lipinski definition) is 5. The van der Waals surface area contributed by atoms with E-state index in [2.05, 4.69) is 0 Å². The zero-order valence-corrected chi connectivity index (χ0v) is 21.1.